The SMILES string of the molecule is CCN(C)S(=O)(=O)c1ccc(Cl)c(N)c1. The van der Waals surface area contributed by atoms with Crippen LogP contribution >= 0.6 is 11.6 Å². The van der Waals surface area contributed by atoms with E-state index >= 15 is 0 Å². The fourth-order valence-electron chi connectivity index (χ4n) is 1.03. The molecule has 4 nitrogen and oxygen atoms in total. The molecule has 1 aromatic rings. The van der Waals surface area contributed by atoms with Crippen LogP contribution in [0.5, 0.6) is 0 Å². The van der Waals surface area contributed by atoms with Gasteiger partial charge in [0, 0.05) is 13.6 Å². The van der Waals surface area contributed by atoms with E-state index in [1.165, 1.54) is 29.6 Å². The summed E-state index contributed by atoms with van der Waals surface area (Å²) >= 11 is 5.71. The van der Waals surface area contributed by atoms with E-state index < -0.39 is 10.0 Å². The van der Waals surface area contributed by atoms with Gasteiger partial charge in [-0.2, -0.15) is 0 Å². The summed E-state index contributed by atoms with van der Waals surface area (Å²) < 4.78 is 25.0. The van der Waals surface area contributed by atoms with E-state index in [1.54, 1.807) is 6.92 Å². The quantitative estimate of drug-likeness (QED) is 0.826. The van der Waals surface area contributed by atoms with Gasteiger partial charge in [-0.3, -0.25) is 0 Å². The molecule has 84 valence electrons. The van der Waals surface area contributed by atoms with Gasteiger partial charge in [0.05, 0.1) is 15.6 Å². The van der Waals surface area contributed by atoms with Gasteiger partial charge in [0.25, 0.3) is 0 Å². The monoisotopic (exact) mass is 248 g/mol. The minimum atomic E-state index is -3.43. The molecule has 0 atom stereocenters. The van der Waals surface area contributed by atoms with Crippen LogP contribution in [0.15, 0.2) is 23.1 Å². The summed E-state index contributed by atoms with van der Waals surface area (Å²) in [4.78, 5) is 0.161. The van der Waals surface area contributed by atoms with E-state index in [1.807, 2.05) is 0 Å². The van der Waals surface area contributed by atoms with Crippen LogP contribution in [0.1, 0.15) is 6.92 Å². The lowest BCUT2D eigenvalue weighted by atomic mass is 10.3. The molecule has 0 aromatic heterocycles. The molecule has 0 unspecified atom stereocenters. The molecular weight excluding hydrogens is 236 g/mol. The molecule has 0 aliphatic rings. The van der Waals surface area contributed by atoms with Crippen molar-refractivity contribution in [1.82, 2.24) is 4.31 Å². The van der Waals surface area contributed by atoms with E-state index in [2.05, 4.69) is 0 Å². The van der Waals surface area contributed by atoms with Gasteiger partial charge in [-0.25, -0.2) is 12.7 Å². The molecule has 0 bridgehead atoms. The van der Waals surface area contributed by atoms with Crippen molar-refractivity contribution in [2.45, 2.75) is 11.8 Å². The minimum Gasteiger partial charge on any atom is -0.397 e. The highest BCUT2D eigenvalue weighted by Gasteiger charge is 2.19. The lowest BCUT2D eigenvalue weighted by molar-refractivity contribution is 0.486. The van der Waals surface area contributed by atoms with E-state index in [0.29, 0.717) is 11.6 Å². The maximum atomic E-state index is 11.9. The Bertz CT molecular complexity index is 459. The van der Waals surface area contributed by atoms with Gasteiger partial charge in [-0.05, 0) is 18.2 Å². The van der Waals surface area contributed by atoms with E-state index in [-0.39, 0.29) is 10.6 Å². The molecule has 0 radical (unpaired) electrons. The highest BCUT2D eigenvalue weighted by molar-refractivity contribution is 7.89. The Morgan fingerprint density at radius 3 is 2.53 bits per heavy atom. The molecule has 0 aliphatic carbocycles. The second-order valence-corrected chi connectivity index (χ2v) is 5.55. The molecule has 0 saturated heterocycles. The van der Waals surface area contributed by atoms with Crippen molar-refractivity contribution in [2.24, 2.45) is 0 Å². The largest absolute Gasteiger partial charge is 0.397 e. The second kappa shape index (κ2) is 4.38. The number of nitrogens with zero attached hydrogens (tertiary/aromatic N) is 1. The van der Waals surface area contributed by atoms with Crippen LogP contribution in [0.25, 0.3) is 0 Å². The number of hydrogen-bond acceptors (Lipinski definition) is 3. The highest BCUT2D eigenvalue weighted by atomic mass is 35.5. The van der Waals surface area contributed by atoms with Crippen LogP contribution in [-0.4, -0.2) is 26.3 Å². The molecule has 0 spiro atoms. The smallest absolute Gasteiger partial charge is 0.242 e. The summed E-state index contributed by atoms with van der Waals surface area (Å²) in [7, 11) is -1.92. The summed E-state index contributed by atoms with van der Waals surface area (Å²) in [6, 6.07) is 4.29. The average Bonchev–Trinajstić information content (AvgIpc) is 2.20. The lowest BCUT2D eigenvalue weighted by Crippen LogP contribution is -2.26. The van der Waals surface area contributed by atoms with Gasteiger partial charge in [0.15, 0.2) is 0 Å². The number of anilines is 1. The zero-order valence-electron chi connectivity index (χ0n) is 8.57. The van der Waals surface area contributed by atoms with E-state index in [0.717, 1.165) is 0 Å². The standard InChI is InChI=1S/C9H13ClN2O2S/c1-3-12(2)15(13,14)7-4-5-8(10)9(11)6-7/h4-6H,3,11H2,1-2H3. The Kier molecular flexibility index (Phi) is 3.59. The first-order valence-electron chi connectivity index (χ1n) is 4.41. The van der Waals surface area contributed by atoms with Gasteiger partial charge in [0.2, 0.25) is 10.0 Å². The van der Waals surface area contributed by atoms with Crippen LogP contribution in [0.2, 0.25) is 5.02 Å². The zero-order valence-corrected chi connectivity index (χ0v) is 10.1. The van der Waals surface area contributed by atoms with Crippen LogP contribution in [-0.2, 0) is 10.0 Å². The molecule has 1 rings (SSSR count). The topological polar surface area (TPSA) is 63.4 Å². The third-order valence-corrected chi connectivity index (χ3v) is 4.39. The minimum absolute atomic E-state index is 0.161. The summed E-state index contributed by atoms with van der Waals surface area (Å²) in [5.74, 6) is 0. The summed E-state index contributed by atoms with van der Waals surface area (Å²) in [5.41, 5.74) is 5.81. The third-order valence-electron chi connectivity index (χ3n) is 2.12. The van der Waals surface area contributed by atoms with Crippen molar-refractivity contribution in [3.63, 3.8) is 0 Å². The number of halogens is 1. The second-order valence-electron chi connectivity index (χ2n) is 3.10. The number of nitrogens with two attached hydrogens (primary N) is 1. The molecule has 0 heterocycles. The van der Waals surface area contributed by atoms with E-state index in [9.17, 15) is 8.42 Å². The third kappa shape index (κ3) is 2.42. The molecular formula is C9H13ClN2O2S. The molecule has 0 aliphatic heterocycles. The summed E-state index contributed by atoms with van der Waals surface area (Å²) in [6.07, 6.45) is 0. The Balaban J connectivity index is 3.23. The first-order chi connectivity index (χ1) is 6.89. The van der Waals surface area contributed by atoms with Crippen LogP contribution in [0.4, 0.5) is 5.69 Å². The molecule has 0 saturated carbocycles. The van der Waals surface area contributed by atoms with Crippen LogP contribution in [0.3, 0.4) is 0 Å². The zero-order chi connectivity index (χ0) is 11.6. The fraction of sp³-hybridized carbons (Fsp3) is 0.333. The molecule has 15 heavy (non-hydrogen) atoms. The summed E-state index contributed by atoms with van der Waals surface area (Å²) in [5, 5.41) is 0.355. The number of rotatable bonds is 3. The van der Waals surface area contributed by atoms with Crippen LogP contribution < -0.4 is 5.73 Å². The number of benzene rings is 1. The van der Waals surface area contributed by atoms with Gasteiger partial charge < -0.3 is 5.73 Å². The fourth-order valence-corrected chi connectivity index (χ4v) is 2.37. The average molecular weight is 249 g/mol. The van der Waals surface area contributed by atoms with Crippen molar-refractivity contribution >= 4 is 27.3 Å². The van der Waals surface area contributed by atoms with Crippen molar-refractivity contribution < 1.29 is 8.42 Å². The Morgan fingerprint density at radius 2 is 2.07 bits per heavy atom. The van der Waals surface area contributed by atoms with Crippen molar-refractivity contribution in [3.8, 4) is 0 Å². The molecule has 2 N–H and O–H groups in total. The van der Waals surface area contributed by atoms with Gasteiger partial charge in [0.1, 0.15) is 0 Å². The molecule has 6 heteroatoms. The molecule has 1 aromatic carbocycles. The first-order valence-corrected chi connectivity index (χ1v) is 6.22. The summed E-state index contributed by atoms with van der Waals surface area (Å²) in [6.45, 7) is 2.17. The first kappa shape index (κ1) is 12.3. The van der Waals surface area contributed by atoms with E-state index in [4.69, 9.17) is 17.3 Å². The predicted molar refractivity (Wildman–Crippen MR) is 61.4 cm³/mol. The molecule has 0 amide bonds. The van der Waals surface area contributed by atoms with Crippen molar-refractivity contribution in [2.75, 3.05) is 19.3 Å². The van der Waals surface area contributed by atoms with Gasteiger partial charge in [-0.15, -0.1) is 0 Å². The van der Waals surface area contributed by atoms with Crippen molar-refractivity contribution in [3.05, 3.63) is 23.2 Å². The normalized spacial score (nSPS) is 12.0. The maximum absolute atomic E-state index is 11.9. The predicted octanol–water partition coefficient (Wildman–Crippen LogP) is 1.56. The molecule has 0 fully saturated rings. The van der Waals surface area contributed by atoms with Gasteiger partial charge in [-0.1, -0.05) is 18.5 Å². The Labute approximate surface area is 94.7 Å². The van der Waals surface area contributed by atoms with Crippen molar-refractivity contribution in [1.29, 1.82) is 0 Å². The van der Waals surface area contributed by atoms with Gasteiger partial charge >= 0.3 is 0 Å². The Morgan fingerprint density at radius 1 is 1.47 bits per heavy atom. The Hall–Kier alpha value is -0.780. The number of sulfonamides is 1. The van der Waals surface area contributed by atoms with Crippen LogP contribution in [0, 0.1) is 0 Å². The number of nitrogen functional groups attached to an aromatic ring is 1. The number of hydrogen-bond donors (Lipinski definition) is 1. The lowest BCUT2D eigenvalue weighted by Gasteiger charge is -2.15. The highest BCUT2D eigenvalue weighted by Crippen LogP contribution is 2.23. The maximum Gasteiger partial charge on any atom is 0.242 e.